The molecule has 3 heterocycles. The van der Waals surface area contributed by atoms with Crippen LogP contribution in [0.5, 0.6) is 0 Å². The predicted molar refractivity (Wildman–Crippen MR) is 89.8 cm³/mol. The van der Waals surface area contributed by atoms with Crippen LogP contribution in [-0.4, -0.2) is 55.8 Å². The average Bonchev–Trinajstić information content (AvgIpc) is 3.19. The maximum absolute atomic E-state index is 12.5. The molecule has 2 aliphatic heterocycles. The van der Waals surface area contributed by atoms with E-state index in [1.54, 1.807) is 17.0 Å². The summed E-state index contributed by atoms with van der Waals surface area (Å²) in [5.41, 5.74) is 5.91. The van der Waals surface area contributed by atoms with E-state index in [2.05, 4.69) is 0 Å². The molecule has 2 aliphatic rings. The van der Waals surface area contributed by atoms with Gasteiger partial charge in [-0.3, -0.25) is 4.79 Å². The summed E-state index contributed by atoms with van der Waals surface area (Å²) in [6.45, 7) is 2.54. The number of hydrogen-bond donors (Lipinski definition) is 1. The van der Waals surface area contributed by atoms with Gasteiger partial charge in [0.15, 0.2) is 0 Å². The van der Waals surface area contributed by atoms with Crippen LogP contribution in [0.25, 0.3) is 0 Å². The van der Waals surface area contributed by atoms with Crippen molar-refractivity contribution in [2.75, 3.05) is 26.2 Å². The van der Waals surface area contributed by atoms with Crippen molar-refractivity contribution in [1.82, 2.24) is 9.21 Å². The lowest BCUT2D eigenvalue weighted by atomic mass is 10.1. The minimum atomic E-state index is -3.38. The molecule has 2 N–H and O–H groups in total. The zero-order chi connectivity index (χ0) is 16.4. The summed E-state index contributed by atoms with van der Waals surface area (Å²) in [6.07, 6.45) is 4.00. The molecule has 23 heavy (non-hydrogen) atoms. The summed E-state index contributed by atoms with van der Waals surface area (Å²) in [6, 6.07) is 3.44. The van der Waals surface area contributed by atoms with Gasteiger partial charge in [0.1, 0.15) is 4.21 Å². The van der Waals surface area contributed by atoms with Crippen LogP contribution in [0.15, 0.2) is 16.3 Å². The largest absolute Gasteiger partial charge is 0.341 e. The van der Waals surface area contributed by atoms with E-state index in [1.165, 1.54) is 15.6 Å². The minimum absolute atomic E-state index is 0.0344. The van der Waals surface area contributed by atoms with Gasteiger partial charge in [0.25, 0.3) is 10.0 Å². The number of rotatable bonds is 4. The van der Waals surface area contributed by atoms with Crippen molar-refractivity contribution in [3.05, 3.63) is 17.0 Å². The molecule has 6 nitrogen and oxygen atoms in total. The molecule has 3 rings (SSSR count). The smallest absolute Gasteiger partial charge is 0.252 e. The Morgan fingerprint density at radius 2 is 1.96 bits per heavy atom. The number of thiophene rings is 1. The first-order chi connectivity index (χ1) is 11.0. The molecule has 2 saturated heterocycles. The third-order valence-electron chi connectivity index (χ3n) is 4.43. The van der Waals surface area contributed by atoms with Gasteiger partial charge in [0.05, 0.1) is 6.42 Å². The number of carbonyl (C=O) groups excluding carboxylic acids is 1. The van der Waals surface area contributed by atoms with Gasteiger partial charge in [-0.2, -0.15) is 4.31 Å². The number of sulfonamides is 1. The molecule has 0 saturated carbocycles. The zero-order valence-electron chi connectivity index (χ0n) is 13.1. The van der Waals surface area contributed by atoms with Crippen molar-refractivity contribution in [2.45, 2.75) is 42.4 Å². The lowest BCUT2D eigenvalue weighted by Crippen LogP contribution is -2.46. The van der Waals surface area contributed by atoms with Crippen LogP contribution in [0.1, 0.15) is 30.6 Å². The molecular formula is C15H23N3O3S2. The Bertz CT molecular complexity index is 665. The zero-order valence-corrected chi connectivity index (χ0v) is 14.7. The first-order valence-corrected chi connectivity index (χ1v) is 10.3. The number of hydrogen-bond acceptors (Lipinski definition) is 5. The second-order valence-corrected chi connectivity index (χ2v) is 9.58. The van der Waals surface area contributed by atoms with Crippen molar-refractivity contribution in [1.29, 1.82) is 0 Å². The molecule has 128 valence electrons. The van der Waals surface area contributed by atoms with Crippen molar-refractivity contribution < 1.29 is 13.2 Å². The molecule has 8 heteroatoms. The van der Waals surface area contributed by atoms with Crippen LogP contribution in [-0.2, 0) is 21.2 Å². The normalized spacial score (nSPS) is 23.3. The van der Waals surface area contributed by atoms with Gasteiger partial charge >= 0.3 is 0 Å². The van der Waals surface area contributed by atoms with E-state index < -0.39 is 10.0 Å². The molecule has 1 aromatic rings. The lowest BCUT2D eigenvalue weighted by molar-refractivity contribution is -0.131. The Morgan fingerprint density at radius 3 is 2.65 bits per heavy atom. The highest BCUT2D eigenvalue weighted by Gasteiger charge is 2.29. The van der Waals surface area contributed by atoms with E-state index >= 15 is 0 Å². The molecular weight excluding hydrogens is 334 g/mol. The molecule has 0 radical (unpaired) electrons. The molecule has 1 amide bonds. The summed E-state index contributed by atoms with van der Waals surface area (Å²) in [5.74, 6) is 0.0344. The molecule has 0 aromatic carbocycles. The Labute approximate surface area is 141 Å². The maximum atomic E-state index is 12.5. The Balaban J connectivity index is 1.66. The van der Waals surface area contributed by atoms with Gasteiger partial charge in [-0.05, 0) is 37.8 Å². The van der Waals surface area contributed by atoms with E-state index in [0.717, 1.165) is 37.1 Å². The van der Waals surface area contributed by atoms with Gasteiger partial charge in [-0.1, -0.05) is 0 Å². The topological polar surface area (TPSA) is 83.7 Å². The summed E-state index contributed by atoms with van der Waals surface area (Å²) >= 11 is 1.21. The summed E-state index contributed by atoms with van der Waals surface area (Å²) in [5, 5.41) is 0. The highest BCUT2D eigenvalue weighted by Crippen LogP contribution is 2.28. The number of piperidine rings is 1. The number of amides is 1. The lowest BCUT2D eigenvalue weighted by Gasteiger charge is -2.30. The Kier molecular flexibility index (Phi) is 5.05. The van der Waals surface area contributed by atoms with Crippen molar-refractivity contribution in [3.8, 4) is 0 Å². The number of nitrogens with zero attached hydrogens (tertiary/aromatic N) is 2. The van der Waals surface area contributed by atoms with Crippen LogP contribution in [0.4, 0.5) is 0 Å². The number of carbonyl (C=O) groups is 1. The van der Waals surface area contributed by atoms with Crippen LogP contribution >= 0.6 is 11.3 Å². The second kappa shape index (κ2) is 6.88. The highest BCUT2D eigenvalue weighted by molar-refractivity contribution is 7.91. The van der Waals surface area contributed by atoms with E-state index in [0.29, 0.717) is 23.8 Å². The first-order valence-electron chi connectivity index (χ1n) is 8.09. The molecule has 1 atom stereocenters. The number of likely N-dealkylation sites (tertiary alicyclic amines) is 1. The highest BCUT2D eigenvalue weighted by atomic mass is 32.2. The average molecular weight is 358 g/mol. The van der Waals surface area contributed by atoms with E-state index in [9.17, 15) is 13.2 Å². The van der Waals surface area contributed by atoms with Gasteiger partial charge in [-0.25, -0.2) is 8.42 Å². The second-order valence-electron chi connectivity index (χ2n) is 6.25. The fourth-order valence-electron chi connectivity index (χ4n) is 3.14. The van der Waals surface area contributed by atoms with Gasteiger partial charge in [-0.15, -0.1) is 11.3 Å². The van der Waals surface area contributed by atoms with Crippen LogP contribution in [0.3, 0.4) is 0 Å². The summed E-state index contributed by atoms with van der Waals surface area (Å²) in [7, 11) is -3.38. The molecule has 0 spiro atoms. The summed E-state index contributed by atoms with van der Waals surface area (Å²) in [4.78, 5) is 14.9. The third-order valence-corrected chi connectivity index (χ3v) is 7.88. The Morgan fingerprint density at radius 1 is 1.22 bits per heavy atom. The SMILES string of the molecule is NC1CCCN(C(=O)Cc2ccc(S(=O)(=O)N3CCCC3)s2)C1. The number of nitrogens with two attached hydrogens (primary N) is 1. The quantitative estimate of drug-likeness (QED) is 0.872. The molecule has 1 aromatic heterocycles. The first kappa shape index (κ1) is 16.9. The molecule has 1 unspecified atom stereocenters. The van der Waals surface area contributed by atoms with Crippen molar-refractivity contribution in [3.63, 3.8) is 0 Å². The van der Waals surface area contributed by atoms with Crippen molar-refractivity contribution in [2.24, 2.45) is 5.73 Å². The van der Waals surface area contributed by atoms with E-state index in [-0.39, 0.29) is 18.4 Å². The van der Waals surface area contributed by atoms with E-state index in [4.69, 9.17) is 5.73 Å². The standard InChI is InChI=1S/C15H23N3O3S2/c16-12-4-3-7-17(11-12)14(19)10-13-5-6-15(22-13)23(20,21)18-8-1-2-9-18/h5-6,12H,1-4,7-11,16H2. The molecule has 0 aliphatic carbocycles. The van der Waals surface area contributed by atoms with Gasteiger partial charge in [0, 0.05) is 37.1 Å². The van der Waals surface area contributed by atoms with Crippen LogP contribution in [0, 0.1) is 0 Å². The van der Waals surface area contributed by atoms with Crippen molar-refractivity contribution >= 4 is 27.3 Å². The fraction of sp³-hybridized carbons (Fsp3) is 0.667. The monoisotopic (exact) mass is 357 g/mol. The fourth-order valence-corrected chi connectivity index (χ4v) is 6.16. The van der Waals surface area contributed by atoms with Gasteiger partial charge < -0.3 is 10.6 Å². The van der Waals surface area contributed by atoms with Gasteiger partial charge in [0.2, 0.25) is 5.91 Å². The maximum Gasteiger partial charge on any atom is 0.252 e. The predicted octanol–water partition coefficient (Wildman–Crippen LogP) is 1.02. The molecule has 0 bridgehead atoms. The Hall–Kier alpha value is -0.960. The van der Waals surface area contributed by atoms with Crippen LogP contribution < -0.4 is 5.73 Å². The van der Waals surface area contributed by atoms with E-state index in [1.807, 2.05) is 0 Å². The summed E-state index contributed by atoms with van der Waals surface area (Å²) < 4.78 is 26.9. The van der Waals surface area contributed by atoms with Crippen LogP contribution in [0.2, 0.25) is 0 Å². The third kappa shape index (κ3) is 3.76. The minimum Gasteiger partial charge on any atom is -0.341 e. The molecule has 2 fully saturated rings.